The predicted octanol–water partition coefficient (Wildman–Crippen LogP) is 2.84. The van der Waals surface area contributed by atoms with Crippen molar-refractivity contribution >= 4 is 23.0 Å². The fourth-order valence-electron chi connectivity index (χ4n) is 3.34. The minimum atomic E-state index is -0.261. The highest BCUT2D eigenvalue weighted by Gasteiger charge is 2.21. The third-order valence-electron chi connectivity index (χ3n) is 4.57. The Labute approximate surface area is 139 Å². The van der Waals surface area contributed by atoms with Crippen LogP contribution < -0.4 is 5.43 Å². The second kappa shape index (κ2) is 5.96. The average molecular weight is 321 g/mol. The molecule has 24 heavy (non-hydrogen) atoms. The summed E-state index contributed by atoms with van der Waals surface area (Å²) in [6.07, 6.45) is 5.80. The fraction of sp³-hybridized carbons (Fsp3) is 0.278. The van der Waals surface area contributed by atoms with Crippen molar-refractivity contribution in [3.63, 3.8) is 0 Å². The minimum absolute atomic E-state index is 0.261. The molecule has 0 radical (unpaired) electrons. The van der Waals surface area contributed by atoms with E-state index in [9.17, 15) is 4.79 Å². The van der Waals surface area contributed by atoms with Gasteiger partial charge in [0.2, 0.25) is 0 Å². The first kappa shape index (κ1) is 14.7. The van der Waals surface area contributed by atoms with Crippen LogP contribution in [0.3, 0.4) is 0 Å². The number of fused-ring (bicyclic) bond motifs is 2. The van der Waals surface area contributed by atoms with Crippen LogP contribution in [-0.2, 0) is 12.8 Å². The maximum Gasteiger partial charge on any atom is 0.292 e. The number of carbonyl (C=O) groups is 1. The summed E-state index contributed by atoms with van der Waals surface area (Å²) in [7, 11) is 0. The molecular formula is C18H19N5O. The van der Waals surface area contributed by atoms with E-state index in [1.165, 1.54) is 0 Å². The number of hydrogen-bond donors (Lipinski definition) is 3. The number of H-pyrrole nitrogens is 2. The van der Waals surface area contributed by atoms with Crippen molar-refractivity contribution in [1.29, 1.82) is 0 Å². The van der Waals surface area contributed by atoms with Crippen LogP contribution in [0, 0.1) is 6.92 Å². The van der Waals surface area contributed by atoms with Crippen molar-refractivity contribution in [2.24, 2.45) is 5.10 Å². The molecule has 6 nitrogen and oxygen atoms in total. The van der Waals surface area contributed by atoms with Gasteiger partial charge in [0.05, 0.1) is 6.21 Å². The number of aryl methyl sites for hydroxylation is 2. The Balaban J connectivity index is 1.54. The number of aromatic nitrogens is 3. The quantitative estimate of drug-likeness (QED) is 0.512. The summed E-state index contributed by atoms with van der Waals surface area (Å²) in [4.78, 5) is 15.7. The molecule has 0 bridgehead atoms. The number of benzene rings is 1. The van der Waals surface area contributed by atoms with Crippen LogP contribution in [0.2, 0.25) is 0 Å². The molecule has 6 heteroatoms. The van der Waals surface area contributed by atoms with Gasteiger partial charge in [-0.1, -0.05) is 18.2 Å². The topological polar surface area (TPSA) is 85.9 Å². The molecule has 0 spiro atoms. The van der Waals surface area contributed by atoms with Gasteiger partial charge in [0.1, 0.15) is 0 Å². The van der Waals surface area contributed by atoms with Crippen molar-refractivity contribution in [2.45, 2.75) is 32.6 Å². The Morgan fingerprint density at radius 2 is 2.12 bits per heavy atom. The van der Waals surface area contributed by atoms with Gasteiger partial charge in [-0.3, -0.25) is 9.89 Å². The van der Waals surface area contributed by atoms with E-state index in [0.717, 1.165) is 59.1 Å². The first-order chi connectivity index (χ1) is 11.7. The van der Waals surface area contributed by atoms with Crippen LogP contribution in [0.1, 0.15) is 45.8 Å². The Morgan fingerprint density at radius 1 is 1.29 bits per heavy atom. The molecule has 2 aromatic heterocycles. The molecule has 0 unspecified atom stereocenters. The molecule has 2 heterocycles. The first-order valence-electron chi connectivity index (χ1n) is 8.21. The molecule has 4 rings (SSSR count). The number of amides is 1. The van der Waals surface area contributed by atoms with Gasteiger partial charge in [-0.05, 0) is 38.7 Å². The summed E-state index contributed by atoms with van der Waals surface area (Å²) < 4.78 is 0. The molecule has 0 saturated carbocycles. The monoisotopic (exact) mass is 321 g/mol. The first-order valence-corrected chi connectivity index (χ1v) is 8.21. The van der Waals surface area contributed by atoms with E-state index in [1.54, 1.807) is 6.21 Å². The van der Waals surface area contributed by atoms with Crippen LogP contribution in [0.25, 0.3) is 10.9 Å². The second-order valence-corrected chi connectivity index (χ2v) is 6.14. The molecule has 1 amide bonds. The number of nitrogens with one attached hydrogen (secondary N) is 3. The number of hydrogen-bond acceptors (Lipinski definition) is 3. The molecule has 122 valence electrons. The largest absolute Gasteiger partial charge is 0.358 e. The summed E-state index contributed by atoms with van der Waals surface area (Å²) >= 11 is 0. The predicted molar refractivity (Wildman–Crippen MR) is 93.3 cm³/mol. The maximum absolute atomic E-state index is 12.3. The van der Waals surface area contributed by atoms with Crippen LogP contribution in [0.4, 0.5) is 0 Å². The molecule has 0 fully saturated rings. The van der Waals surface area contributed by atoms with Gasteiger partial charge in [0.15, 0.2) is 5.69 Å². The van der Waals surface area contributed by atoms with E-state index >= 15 is 0 Å². The van der Waals surface area contributed by atoms with Crippen LogP contribution in [-0.4, -0.2) is 27.3 Å². The fourth-order valence-corrected chi connectivity index (χ4v) is 3.34. The summed E-state index contributed by atoms with van der Waals surface area (Å²) in [6.45, 7) is 1.99. The highest BCUT2D eigenvalue weighted by atomic mass is 16.2. The van der Waals surface area contributed by atoms with Gasteiger partial charge >= 0.3 is 0 Å². The van der Waals surface area contributed by atoms with Crippen molar-refractivity contribution in [2.75, 3.05) is 0 Å². The van der Waals surface area contributed by atoms with E-state index in [-0.39, 0.29) is 5.91 Å². The van der Waals surface area contributed by atoms with E-state index in [0.29, 0.717) is 5.69 Å². The molecule has 1 aliphatic rings. The van der Waals surface area contributed by atoms with Gasteiger partial charge in [-0.25, -0.2) is 5.43 Å². The van der Waals surface area contributed by atoms with Gasteiger partial charge in [0, 0.05) is 33.4 Å². The van der Waals surface area contributed by atoms with E-state index in [4.69, 9.17) is 0 Å². The number of para-hydroxylation sites is 1. The summed E-state index contributed by atoms with van der Waals surface area (Å²) in [5.41, 5.74) is 8.26. The highest BCUT2D eigenvalue weighted by Crippen LogP contribution is 2.22. The van der Waals surface area contributed by atoms with Gasteiger partial charge < -0.3 is 4.98 Å². The standard InChI is InChI=1S/C18H19N5O/c1-11-14(12-6-2-4-8-15(12)20-11)10-19-23-18(24)17-13-7-3-5-9-16(13)21-22-17/h2,4,6,8,10,20H,3,5,7,9H2,1H3,(H,21,22)(H,23,24)/b19-10-. The zero-order valence-electron chi connectivity index (χ0n) is 13.5. The Bertz CT molecular complexity index is 934. The van der Waals surface area contributed by atoms with Gasteiger partial charge in [0.25, 0.3) is 5.91 Å². The SMILES string of the molecule is Cc1[nH]c2ccccc2c1/C=N\NC(=O)c1n[nH]c2c1CCCC2. The number of rotatable bonds is 3. The highest BCUT2D eigenvalue weighted by molar-refractivity contribution is 6.01. The molecule has 1 aromatic carbocycles. The molecule has 0 aliphatic heterocycles. The van der Waals surface area contributed by atoms with Crippen LogP contribution in [0.5, 0.6) is 0 Å². The van der Waals surface area contributed by atoms with Crippen molar-refractivity contribution in [3.8, 4) is 0 Å². The average Bonchev–Trinajstić information content (AvgIpc) is 3.16. The van der Waals surface area contributed by atoms with Crippen molar-refractivity contribution < 1.29 is 4.79 Å². The number of aromatic amines is 2. The Morgan fingerprint density at radius 3 is 3.04 bits per heavy atom. The number of carbonyl (C=O) groups excluding carboxylic acids is 1. The molecule has 0 atom stereocenters. The number of hydrazone groups is 1. The number of nitrogens with zero attached hydrogens (tertiary/aromatic N) is 2. The summed E-state index contributed by atoms with van der Waals surface area (Å²) in [5, 5.41) is 12.4. The second-order valence-electron chi connectivity index (χ2n) is 6.14. The normalized spacial score (nSPS) is 14.2. The lowest BCUT2D eigenvalue weighted by molar-refractivity contribution is 0.0949. The third-order valence-corrected chi connectivity index (χ3v) is 4.57. The smallest absolute Gasteiger partial charge is 0.292 e. The van der Waals surface area contributed by atoms with Crippen LogP contribution in [0.15, 0.2) is 29.4 Å². The van der Waals surface area contributed by atoms with Gasteiger partial charge in [-0.2, -0.15) is 10.2 Å². The molecule has 0 saturated heterocycles. The van der Waals surface area contributed by atoms with Crippen LogP contribution >= 0.6 is 0 Å². The maximum atomic E-state index is 12.3. The van der Waals surface area contributed by atoms with Crippen molar-refractivity contribution in [3.05, 3.63) is 52.5 Å². The van der Waals surface area contributed by atoms with E-state index < -0.39 is 0 Å². The minimum Gasteiger partial charge on any atom is -0.358 e. The van der Waals surface area contributed by atoms with E-state index in [2.05, 4.69) is 25.7 Å². The lowest BCUT2D eigenvalue weighted by atomic mass is 9.96. The van der Waals surface area contributed by atoms with Gasteiger partial charge in [-0.15, -0.1) is 0 Å². The Kier molecular flexibility index (Phi) is 3.65. The van der Waals surface area contributed by atoms with E-state index in [1.807, 2.05) is 31.2 Å². The molecule has 1 aliphatic carbocycles. The molecular weight excluding hydrogens is 302 g/mol. The molecule has 3 N–H and O–H groups in total. The lowest BCUT2D eigenvalue weighted by Gasteiger charge is -2.10. The molecule has 3 aromatic rings. The zero-order chi connectivity index (χ0) is 16.5. The Hall–Kier alpha value is -2.89. The summed E-state index contributed by atoms with van der Waals surface area (Å²) in [6, 6.07) is 8.03. The zero-order valence-corrected chi connectivity index (χ0v) is 13.5. The summed E-state index contributed by atoms with van der Waals surface area (Å²) in [5.74, 6) is -0.261. The third kappa shape index (κ3) is 2.50. The lowest BCUT2D eigenvalue weighted by Crippen LogP contribution is -2.20. The van der Waals surface area contributed by atoms with Crippen molar-refractivity contribution in [1.82, 2.24) is 20.6 Å².